The van der Waals surface area contributed by atoms with Gasteiger partial charge in [0.05, 0.1) is 5.69 Å². The van der Waals surface area contributed by atoms with E-state index in [2.05, 4.69) is 43.2 Å². The van der Waals surface area contributed by atoms with Crippen LogP contribution in [0.5, 0.6) is 5.75 Å². The summed E-state index contributed by atoms with van der Waals surface area (Å²) in [5.74, 6) is 0.933. The van der Waals surface area contributed by atoms with E-state index in [1.54, 1.807) is 6.20 Å². The summed E-state index contributed by atoms with van der Waals surface area (Å²) in [5.41, 5.74) is 4.42. The Hall–Kier alpha value is -1.91. The Morgan fingerprint density at radius 1 is 1.22 bits per heavy atom. The second-order valence-electron chi connectivity index (χ2n) is 5.96. The SMILES string of the molecule is Cc1cc(CNC(C)CCO)cc(C)c1OCc1ccccn1. The van der Waals surface area contributed by atoms with Crippen LogP contribution >= 0.6 is 0 Å². The molecular formula is C19H26N2O2. The molecule has 4 nitrogen and oxygen atoms in total. The topological polar surface area (TPSA) is 54.4 Å². The fourth-order valence-corrected chi connectivity index (χ4v) is 2.59. The summed E-state index contributed by atoms with van der Waals surface area (Å²) in [6, 6.07) is 10.4. The van der Waals surface area contributed by atoms with Gasteiger partial charge in [-0.25, -0.2) is 0 Å². The van der Waals surface area contributed by atoms with E-state index in [-0.39, 0.29) is 6.61 Å². The van der Waals surface area contributed by atoms with E-state index < -0.39 is 0 Å². The summed E-state index contributed by atoms with van der Waals surface area (Å²) in [6.07, 6.45) is 2.55. The average Bonchev–Trinajstić information content (AvgIpc) is 2.53. The van der Waals surface area contributed by atoms with Gasteiger partial charge in [0.1, 0.15) is 12.4 Å². The standard InChI is InChI=1S/C19H26N2O2/c1-14-10-17(12-21-16(3)7-9-22)11-15(2)19(14)23-13-18-6-4-5-8-20-18/h4-6,8,10-11,16,21-22H,7,9,12-13H2,1-3H3. The van der Waals surface area contributed by atoms with E-state index in [0.29, 0.717) is 12.6 Å². The number of ether oxygens (including phenoxy) is 1. The smallest absolute Gasteiger partial charge is 0.130 e. The van der Waals surface area contributed by atoms with Crippen LogP contribution < -0.4 is 10.1 Å². The van der Waals surface area contributed by atoms with Crippen molar-refractivity contribution in [3.05, 3.63) is 58.9 Å². The summed E-state index contributed by atoms with van der Waals surface area (Å²) in [7, 11) is 0. The summed E-state index contributed by atoms with van der Waals surface area (Å²) >= 11 is 0. The van der Waals surface area contributed by atoms with Crippen LogP contribution in [0.3, 0.4) is 0 Å². The molecule has 124 valence electrons. The van der Waals surface area contributed by atoms with Gasteiger partial charge in [0, 0.05) is 25.4 Å². The third kappa shape index (κ3) is 5.34. The van der Waals surface area contributed by atoms with E-state index >= 15 is 0 Å². The fourth-order valence-electron chi connectivity index (χ4n) is 2.59. The number of benzene rings is 1. The number of aryl methyl sites for hydroxylation is 2. The lowest BCUT2D eigenvalue weighted by Crippen LogP contribution is -2.26. The van der Waals surface area contributed by atoms with Gasteiger partial charge in [-0.1, -0.05) is 18.2 Å². The molecule has 0 saturated heterocycles. The van der Waals surface area contributed by atoms with Crippen molar-refractivity contribution in [2.24, 2.45) is 0 Å². The number of aliphatic hydroxyl groups excluding tert-OH is 1. The number of rotatable bonds is 8. The first-order valence-electron chi connectivity index (χ1n) is 8.07. The first-order chi connectivity index (χ1) is 11.1. The van der Waals surface area contributed by atoms with Gasteiger partial charge in [-0.15, -0.1) is 0 Å². The first kappa shape index (κ1) is 17.4. The van der Waals surface area contributed by atoms with Crippen LogP contribution in [0.2, 0.25) is 0 Å². The molecule has 0 spiro atoms. The lowest BCUT2D eigenvalue weighted by atomic mass is 10.1. The van der Waals surface area contributed by atoms with Gasteiger partial charge < -0.3 is 15.2 Å². The van der Waals surface area contributed by atoms with Gasteiger partial charge in [0.15, 0.2) is 0 Å². The van der Waals surface area contributed by atoms with Gasteiger partial charge in [0.2, 0.25) is 0 Å². The second kappa shape index (κ2) is 8.65. The number of hydrogen-bond donors (Lipinski definition) is 2. The highest BCUT2D eigenvalue weighted by molar-refractivity contribution is 5.43. The Labute approximate surface area is 138 Å². The predicted molar refractivity (Wildman–Crippen MR) is 92.5 cm³/mol. The van der Waals surface area contributed by atoms with Crippen molar-refractivity contribution in [3.8, 4) is 5.75 Å². The number of hydrogen-bond acceptors (Lipinski definition) is 4. The van der Waals surface area contributed by atoms with Crippen molar-refractivity contribution < 1.29 is 9.84 Å². The third-order valence-corrected chi connectivity index (χ3v) is 3.83. The Morgan fingerprint density at radius 3 is 2.57 bits per heavy atom. The second-order valence-corrected chi connectivity index (χ2v) is 5.96. The molecule has 23 heavy (non-hydrogen) atoms. The molecule has 1 aromatic carbocycles. The first-order valence-corrected chi connectivity index (χ1v) is 8.07. The molecule has 2 aromatic rings. The van der Waals surface area contributed by atoms with E-state index in [1.165, 1.54) is 5.56 Å². The van der Waals surface area contributed by atoms with Crippen LogP contribution in [-0.2, 0) is 13.2 Å². The molecular weight excluding hydrogens is 288 g/mol. The van der Waals surface area contributed by atoms with E-state index in [1.807, 2.05) is 18.2 Å². The maximum Gasteiger partial charge on any atom is 0.130 e. The number of aromatic nitrogens is 1. The molecule has 0 radical (unpaired) electrons. The van der Waals surface area contributed by atoms with Crippen molar-refractivity contribution >= 4 is 0 Å². The highest BCUT2D eigenvalue weighted by Crippen LogP contribution is 2.25. The van der Waals surface area contributed by atoms with Crippen molar-refractivity contribution in [1.29, 1.82) is 0 Å². The number of nitrogens with one attached hydrogen (secondary N) is 1. The van der Waals surface area contributed by atoms with Crippen molar-refractivity contribution in [2.45, 2.75) is 46.4 Å². The van der Waals surface area contributed by atoms with Gasteiger partial charge in [-0.3, -0.25) is 4.98 Å². The van der Waals surface area contributed by atoms with Gasteiger partial charge in [0.25, 0.3) is 0 Å². The zero-order valence-corrected chi connectivity index (χ0v) is 14.2. The number of aliphatic hydroxyl groups is 1. The molecule has 0 aliphatic carbocycles. The van der Waals surface area contributed by atoms with Crippen molar-refractivity contribution in [2.75, 3.05) is 6.61 Å². The Kier molecular flexibility index (Phi) is 6.56. The molecule has 0 aliphatic rings. The molecule has 1 atom stereocenters. The molecule has 0 fully saturated rings. The molecule has 0 saturated carbocycles. The Morgan fingerprint density at radius 2 is 1.96 bits per heavy atom. The molecule has 4 heteroatoms. The van der Waals surface area contributed by atoms with Crippen molar-refractivity contribution in [1.82, 2.24) is 10.3 Å². The highest BCUT2D eigenvalue weighted by Gasteiger charge is 2.08. The molecule has 0 aliphatic heterocycles. The molecule has 1 unspecified atom stereocenters. The Balaban J connectivity index is 1.99. The minimum atomic E-state index is 0.215. The fraction of sp³-hybridized carbons (Fsp3) is 0.421. The summed E-state index contributed by atoms with van der Waals surface area (Å²) in [4.78, 5) is 4.28. The van der Waals surface area contributed by atoms with Crippen LogP contribution in [-0.4, -0.2) is 22.7 Å². The number of pyridine rings is 1. The average molecular weight is 314 g/mol. The van der Waals surface area contributed by atoms with Crippen molar-refractivity contribution in [3.63, 3.8) is 0 Å². The molecule has 1 heterocycles. The zero-order valence-electron chi connectivity index (χ0n) is 14.2. The number of nitrogens with zero attached hydrogens (tertiary/aromatic N) is 1. The van der Waals surface area contributed by atoms with Crippen LogP contribution in [0.4, 0.5) is 0 Å². The van der Waals surface area contributed by atoms with E-state index in [4.69, 9.17) is 9.84 Å². The maximum absolute atomic E-state index is 8.95. The largest absolute Gasteiger partial charge is 0.487 e. The molecule has 0 amide bonds. The monoisotopic (exact) mass is 314 g/mol. The minimum Gasteiger partial charge on any atom is -0.487 e. The van der Waals surface area contributed by atoms with Crippen LogP contribution in [0.25, 0.3) is 0 Å². The molecule has 0 bridgehead atoms. The normalized spacial score (nSPS) is 12.2. The van der Waals surface area contributed by atoms with Crippen LogP contribution in [0.15, 0.2) is 36.5 Å². The lowest BCUT2D eigenvalue weighted by Gasteiger charge is -2.16. The summed E-state index contributed by atoms with van der Waals surface area (Å²) < 4.78 is 5.96. The van der Waals surface area contributed by atoms with E-state index in [0.717, 1.165) is 35.5 Å². The molecule has 2 rings (SSSR count). The third-order valence-electron chi connectivity index (χ3n) is 3.83. The summed E-state index contributed by atoms with van der Waals surface area (Å²) in [6.45, 7) is 7.71. The Bertz CT molecular complexity index is 591. The zero-order chi connectivity index (χ0) is 16.7. The molecule has 1 aromatic heterocycles. The van der Waals surface area contributed by atoms with Gasteiger partial charge >= 0.3 is 0 Å². The molecule has 2 N–H and O–H groups in total. The minimum absolute atomic E-state index is 0.215. The quantitative estimate of drug-likeness (QED) is 0.786. The summed E-state index contributed by atoms with van der Waals surface area (Å²) in [5, 5.41) is 12.4. The predicted octanol–water partition coefficient (Wildman–Crippen LogP) is 3.14. The highest BCUT2D eigenvalue weighted by atomic mass is 16.5. The van der Waals surface area contributed by atoms with Gasteiger partial charge in [-0.05, 0) is 56.0 Å². The van der Waals surface area contributed by atoms with E-state index in [9.17, 15) is 0 Å². The van der Waals surface area contributed by atoms with Gasteiger partial charge in [-0.2, -0.15) is 0 Å². The lowest BCUT2D eigenvalue weighted by molar-refractivity contribution is 0.268. The maximum atomic E-state index is 8.95. The van der Waals surface area contributed by atoms with Crippen LogP contribution in [0, 0.1) is 13.8 Å². The van der Waals surface area contributed by atoms with Crippen LogP contribution in [0.1, 0.15) is 35.7 Å².